The van der Waals surface area contributed by atoms with E-state index in [-0.39, 0.29) is 11.9 Å². The molecule has 0 aliphatic rings. The van der Waals surface area contributed by atoms with Crippen LogP contribution in [0.25, 0.3) is 0 Å². The SMILES string of the molecule is COC[C@H](C)NC(=O)c1ccc(NS(C)(=O)=O)cc1. The highest BCUT2D eigenvalue weighted by Crippen LogP contribution is 2.10. The van der Waals surface area contributed by atoms with Crippen LogP contribution < -0.4 is 10.0 Å². The van der Waals surface area contributed by atoms with E-state index in [1.165, 1.54) is 12.1 Å². The van der Waals surface area contributed by atoms with Crippen LogP contribution in [0.1, 0.15) is 17.3 Å². The molecule has 0 radical (unpaired) electrons. The zero-order valence-corrected chi connectivity index (χ0v) is 12.0. The molecule has 19 heavy (non-hydrogen) atoms. The third-order valence-electron chi connectivity index (χ3n) is 2.24. The highest BCUT2D eigenvalue weighted by molar-refractivity contribution is 7.92. The number of anilines is 1. The van der Waals surface area contributed by atoms with Gasteiger partial charge in [-0.25, -0.2) is 8.42 Å². The zero-order chi connectivity index (χ0) is 14.5. The van der Waals surface area contributed by atoms with Crippen molar-refractivity contribution in [1.29, 1.82) is 0 Å². The van der Waals surface area contributed by atoms with Crippen LogP contribution >= 0.6 is 0 Å². The quantitative estimate of drug-likeness (QED) is 0.811. The summed E-state index contributed by atoms with van der Waals surface area (Å²) < 4.78 is 29.3. The Balaban J connectivity index is 2.68. The lowest BCUT2D eigenvalue weighted by atomic mass is 10.2. The summed E-state index contributed by atoms with van der Waals surface area (Å²) in [7, 11) is -1.74. The smallest absolute Gasteiger partial charge is 0.251 e. The molecule has 2 N–H and O–H groups in total. The van der Waals surface area contributed by atoms with Gasteiger partial charge >= 0.3 is 0 Å². The van der Waals surface area contributed by atoms with Crippen LogP contribution in [0.4, 0.5) is 5.69 Å². The van der Waals surface area contributed by atoms with Crippen molar-refractivity contribution >= 4 is 21.6 Å². The average Bonchev–Trinajstić information content (AvgIpc) is 2.27. The van der Waals surface area contributed by atoms with E-state index >= 15 is 0 Å². The number of ether oxygens (including phenoxy) is 1. The molecule has 6 nitrogen and oxygen atoms in total. The maximum Gasteiger partial charge on any atom is 0.251 e. The molecule has 1 atom stereocenters. The Bertz CT molecular complexity index is 525. The van der Waals surface area contributed by atoms with Gasteiger partial charge in [-0.3, -0.25) is 9.52 Å². The summed E-state index contributed by atoms with van der Waals surface area (Å²) in [6.45, 7) is 2.26. The van der Waals surface area contributed by atoms with Crippen molar-refractivity contribution in [3.05, 3.63) is 29.8 Å². The number of hydrogen-bond donors (Lipinski definition) is 2. The first-order valence-corrected chi connectivity index (χ1v) is 7.58. The lowest BCUT2D eigenvalue weighted by molar-refractivity contribution is 0.0905. The van der Waals surface area contributed by atoms with Crippen LogP contribution in [0.3, 0.4) is 0 Å². The van der Waals surface area contributed by atoms with Crippen molar-refractivity contribution in [1.82, 2.24) is 5.32 Å². The standard InChI is InChI=1S/C12H18N2O4S/c1-9(8-18-2)13-12(15)10-4-6-11(7-5-10)14-19(3,16)17/h4-7,9,14H,8H2,1-3H3,(H,13,15)/t9-/m0/s1. The largest absolute Gasteiger partial charge is 0.383 e. The minimum absolute atomic E-state index is 0.0914. The van der Waals surface area contributed by atoms with Crippen molar-refractivity contribution < 1.29 is 17.9 Å². The van der Waals surface area contributed by atoms with Crippen molar-refractivity contribution in [3.8, 4) is 0 Å². The van der Waals surface area contributed by atoms with Crippen LogP contribution in [-0.2, 0) is 14.8 Å². The average molecular weight is 286 g/mol. The molecule has 1 rings (SSSR count). The Morgan fingerprint density at radius 3 is 2.37 bits per heavy atom. The number of methoxy groups -OCH3 is 1. The van der Waals surface area contributed by atoms with Crippen molar-refractivity contribution in [2.75, 3.05) is 24.7 Å². The van der Waals surface area contributed by atoms with Gasteiger partial charge in [0.1, 0.15) is 0 Å². The van der Waals surface area contributed by atoms with Gasteiger partial charge in [0.05, 0.1) is 12.9 Å². The first-order chi connectivity index (χ1) is 8.81. The fraction of sp³-hybridized carbons (Fsp3) is 0.417. The number of hydrogen-bond acceptors (Lipinski definition) is 4. The molecule has 0 spiro atoms. The van der Waals surface area contributed by atoms with Crippen molar-refractivity contribution in [2.24, 2.45) is 0 Å². The molecular formula is C12H18N2O4S. The van der Waals surface area contributed by atoms with E-state index < -0.39 is 10.0 Å². The van der Waals surface area contributed by atoms with Crippen LogP contribution in [0.15, 0.2) is 24.3 Å². The van der Waals surface area contributed by atoms with E-state index in [4.69, 9.17) is 4.74 Å². The third-order valence-corrected chi connectivity index (χ3v) is 2.85. The molecule has 0 bridgehead atoms. The number of carbonyl (C=O) groups excluding carboxylic acids is 1. The summed E-state index contributed by atoms with van der Waals surface area (Å²) in [4.78, 5) is 11.8. The molecule has 0 aromatic heterocycles. The summed E-state index contributed by atoms with van der Waals surface area (Å²) >= 11 is 0. The lowest BCUT2D eigenvalue weighted by Crippen LogP contribution is -2.35. The van der Waals surface area contributed by atoms with E-state index in [1.54, 1.807) is 19.2 Å². The molecule has 0 unspecified atom stereocenters. The van der Waals surface area contributed by atoms with Crippen LogP contribution in [0.2, 0.25) is 0 Å². The minimum Gasteiger partial charge on any atom is -0.383 e. The molecule has 7 heteroatoms. The number of nitrogens with one attached hydrogen (secondary N) is 2. The molecule has 0 aliphatic carbocycles. The molecule has 1 aromatic carbocycles. The second kappa shape index (κ2) is 6.53. The molecule has 106 valence electrons. The minimum atomic E-state index is -3.30. The normalized spacial score (nSPS) is 12.8. The van der Waals surface area contributed by atoms with Gasteiger partial charge in [0.2, 0.25) is 10.0 Å². The number of carbonyl (C=O) groups is 1. The Labute approximate surface area is 113 Å². The molecule has 1 aromatic rings. The predicted molar refractivity (Wildman–Crippen MR) is 73.7 cm³/mol. The predicted octanol–water partition coefficient (Wildman–Crippen LogP) is 0.823. The summed E-state index contributed by atoms with van der Waals surface area (Å²) in [5.41, 5.74) is 0.881. The number of amides is 1. The van der Waals surface area contributed by atoms with Gasteiger partial charge in [-0.15, -0.1) is 0 Å². The third kappa shape index (κ3) is 5.71. The molecule has 0 aliphatic heterocycles. The topological polar surface area (TPSA) is 84.5 Å². The Morgan fingerprint density at radius 1 is 1.32 bits per heavy atom. The van der Waals surface area contributed by atoms with Crippen LogP contribution in [0.5, 0.6) is 0 Å². The molecule has 1 amide bonds. The molecule has 0 fully saturated rings. The first-order valence-electron chi connectivity index (χ1n) is 5.69. The van der Waals surface area contributed by atoms with Gasteiger partial charge in [0.25, 0.3) is 5.91 Å². The molecule has 0 saturated heterocycles. The zero-order valence-electron chi connectivity index (χ0n) is 11.1. The van der Waals surface area contributed by atoms with Gasteiger partial charge in [0, 0.05) is 24.4 Å². The maximum atomic E-state index is 11.8. The lowest BCUT2D eigenvalue weighted by Gasteiger charge is -2.13. The highest BCUT2D eigenvalue weighted by atomic mass is 32.2. The molecule has 0 saturated carbocycles. The van der Waals surface area contributed by atoms with E-state index in [2.05, 4.69) is 10.0 Å². The molecular weight excluding hydrogens is 268 g/mol. The van der Waals surface area contributed by atoms with Gasteiger partial charge in [-0.2, -0.15) is 0 Å². The van der Waals surface area contributed by atoms with Crippen LogP contribution in [0, 0.1) is 0 Å². The van der Waals surface area contributed by atoms with Crippen LogP contribution in [-0.4, -0.2) is 40.3 Å². The van der Waals surface area contributed by atoms with E-state index in [9.17, 15) is 13.2 Å². The summed E-state index contributed by atoms with van der Waals surface area (Å²) in [5, 5.41) is 2.76. The summed E-state index contributed by atoms with van der Waals surface area (Å²) in [6, 6.07) is 6.10. The number of benzene rings is 1. The maximum absolute atomic E-state index is 11.8. The number of rotatable bonds is 6. The molecule has 0 heterocycles. The van der Waals surface area contributed by atoms with Crippen molar-refractivity contribution in [2.45, 2.75) is 13.0 Å². The van der Waals surface area contributed by atoms with E-state index in [0.717, 1.165) is 6.26 Å². The van der Waals surface area contributed by atoms with Gasteiger partial charge in [-0.1, -0.05) is 0 Å². The Kier molecular flexibility index (Phi) is 5.31. The number of sulfonamides is 1. The monoisotopic (exact) mass is 286 g/mol. The summed E-state index contributed by atoms with van der Waals surface area (Å²) in [6.07, 6.45) is 1.07. The van der Waals surface area contributed by atoms with Gasteiger partial charge < -0.3 is 10.1 Å². The highest BCUT2D eigenvalue weighted by Gasteiger charge is 2.10. The Morgan fingerprint density at radius 2 is 1.89 bits per heavy atom. The van der Waals surface area contributed by atoms with Gasteiger partial charge in [0.15, 0.2) is 0 Å². The van der Waals surface area contributed by atoms with E-state index in [0.29, 0.717) is 17.9 Å². The first kappa shape index (κ1) is 15.5. The van der Waals surface area contributed by atoms with E-state index in [1.807, 2.05) is 6.92 Å². The summed E-state index contributed by atoms with van der Waals surface area (Å²) in [5.74, 6) is -0.226. The fourth-order valence-corrected chi connectivity index (χ4v) is 2.07. The van der Waals surface area contributed by atoms with Gasteiger partial charge in [-0.05, 0) is 31.2 Å². The van der Waals surface area contributed by atoms with Crippen molar-refractivity contribution in [3.63, 3.8) is 0 Å². The second-order valence-electron chi connectivity index (χ2n) is 4.28. The fourth-order valence-electron chi connectivity index (χ4n) is 1.50. The second-order valence-corrected chi connectivity index (χ2v) is 6.03. The Hall–Kier alpha value is -1.60.